The van der Waals surface area contributed by atoms with Crippen molar-refractivity contribution in [1.82, 2.24) is 9.97 Å². The lowest BCUT2D eigenvalue weighted by Gasteiger charge is -2.15. The molecule has 2 rings (SSSR count). The van der Waals surface area contributed by atoms with Crippen LogP contribution in [0, 0.1) is 0 Å². The average Bonchev–Trinajstić information content (AvgIpc) is 2.54. The lowest BCUT2D eigenvalue weighted by molar-refractivity contribution is 0.307. The highest BCUT2D eigenvalue weighted by atomic mass is 16.5. The Kier molecular flexibility index (Phi) is 5.24. The molecular weight excluding hydrogens is 296 g/mol. The summed E-state index contributed by atoms with van der Waals surface area (Å²) in [5, 5.41) is 0. The molecule has 0 unspecified atom stereocenters. The molecule has 0 amide bonds. The molecule has 0 saturated carbocycles. The minimum absolute atomic E-state index is 0.147. The van der Waals surface area contributed by atoms with Crippen molar-refractivity contribution in [3.05, 3.63) is 42.1 Å². The minimum Gasteiger partial charge on any atom is -0.493 e. The first-order valence-electron chi connectivity index (χ1n) is 6.94. The topological polar surface area (TPSA) is 106 Å². The van der Waals surface area contributed by atoms with Crippen molar-refractivity contribution in [2.75, 3.05) is 32.3 Å². The van der Waals surface area contributed by atoms with Gasteiger partial charge in [-0.2, -0.15) is 4.98 Å². The molecule has 0 fully saturated rings. The van der Waals surface area contributed by atoms with Gasteiger partial charge < -0.3 is 25.7 Å². The Balaban J connectivity index is 2.39. The Morgan fingerprint density at radius 1 is 1.17 bits per heavy atom. The van der Waals surface area contributed by atoms with E-state index in [9.17, 15) is 0 Å². The van der Waals surface area contributed by atoms with E-state index in [1.165, 1.54) is 0 Å². The summed E-state index contributed by atoms with van der Waals surface area (Å²) < 4.78 is 16.4. The smallest absolute Gasteiger partial charge is 0.221 e. The molecule has 1 heterocycles. The Morgan fingerprint density at radius 2 is 1.91 bits per heavy atom. The molecule has 0 spiro atoms. The number of ether oxygens (including phenoxy) is 3. The highest BCUT2D eigenvalue weighted by Gasteiger charge is 2.15. The second-order valence-corrected chi connectivity index (χ2v) is 4.74. The monoisotopic (exact) mass is 316 g/mol. The van der Waals surface area contributed by atoms with Crippen LogP contribution in [0.1, 0.15) is 11.1 Å². The quantitative estimate of drug-likeness (QED) is 0.750. The van der Waals surface area contributed by atoms with Crippen LogP contribution in [0.3, 0.4) is 0 Å². The van der Waals surface area contributed by atoms with Crippen molar-refractivity contribution >= 4 is 11.8 Å². The first-order valence-corrected chi connectivity index (χ1v) is 6.94. The normalized spacial score (nSPS) is 10.2. The number of anilines is 2. The van der Waals surface area contributed by atoms with Gasteiger partial charge in [0.15, 0.2) is 11.5 Å². The Labute approximate surface area is 134 Å². The molecule has 4 N–H and O–H groups in total. The van der Waals surface area contributed by atoms with Crippen LogP contribution in [-0.2, 0) is 6.42 Å². The molecule has 0 saturated heterocycles. The summed E-state index contributed by atoms with van der Waals surface area (Å²) in [5.74, 6) is 2.16. The maximum absolute atomic E-state index is 5.88. The fraction of sp³-hybridized carbons (Fsp3) is 0.250. The van der Waals surface area contributed by atoms with E-state index in [2.05, 4.69) is 16.5 Å². The van der Waals surface area contributed by atoms with Crippen LogP contribution in [0.25, 0.3) is 0 Å². The van der Waals surface area contributed by atoms with Gasteiger partial charge in [-0.1, -0.05) is 12.7 Å². The van der Waals surface area contributed by atoms with Crippen LogP contribution in [0.5, 0.6) is 17.2 Å². The highest BCUT2D eigenvalue weighted by Crippen LogP contribution is 2.39. The SMILES string of the molecule is C=CCOc1cc(Cc2cnc(N)nc2N)cc(OC)c1OC. The maximum atomic E-state index is 5.88. The second-order valence-electron chi connectivity index (χ2n) is 4.74. The van der Waals surface area contributed by atoms with Crippen molar-refractivity contribution in [3.63, 3.8) is 0 Å². The summed E-state index contributed by atoms with van der Waals surface area (Å²) >= 11 is 0. The molecule has 23 heavy (non-hydrogen) atoms. The van der Waals surface area contributed by atoms with Crippen molar-refractivity contribution in [2.24, 2.45) is 0 Å². The van der Waals surface area contributed by atoms with E-state index in [-0.39, 0.29) is 5.95 Å². The van der Waals surface area contributed by atoms with Crippen LogP contribution in [0.2, 0.25) is 0 Å². The number of hydrogen-bond donors (Lipinski definition) is 2. The Bertz CT molecular complexity index is 704. The van der Waals surface area contributed by atoms with Gasteiger partial charge in [0, 0.05) is 18.2 Å². The van der Waals surface area contributed by atoms with Crippen LogP contribution >= 0.6 is 0 Å². The standard InChI is InChI=1S/C16H20N4O3/c1-4-5-23-13-8-10(7-12(21-2)14(13)22-3)6-11-9-19-16(18)20-15(11)17/h4,7-9H,1,5-6H2,2-3H3,(H4,17,18,19,20). The number of hydrogen-bond acceptors (Lipinski definition) is 7. The fourth-order valence-corrected chi connectivity index (χ4v) is 2.13. The summed E-state index contributed by atoms with van der Waals surface area (Å²) in [4.78, 5) is 7.93. The van der Waals surface area contributed by atoms with E-state index < -0.39 is 0 Å². The summed E-state index contributed by atoms with van der Waals surface area (Å²) in [6, 6.07) is 3.72. The molecule has 1 aromatic carbocycles. The molecule has 2 aromatic rings. The molecule has 1 aromatic heterocycles. The molecule has 7 heteroatoms. The largest absolute Gasteiger partial charge is 0.493 e. The third-order valence-electron chi connectivity index (χ3n) is 3.17. The molecular formula is C16H20N4O3. The molecule has 0 atom stereocenters. The Morgan fingerprint density at radius 3 is 2.52 bits per heavy atom. The van der Waals surface area contributed by atoms with E-state index in [0.717, 1.165) is 11.1 Å². The number of benzene rings is 1. The van der Waals surface area contributed by atoms with Gasteiger partial charge in [0.1, 0.15) is 12.4 Å². The minimum atomic E-state index is 0.147. The first-order chi connectivity index (χ1) is 11.1. The fourth-order valence-electron chi connectivity index (χ4n) is 2.13. The number of rotatable bonds is 7. The van der Waals surface area contributed by atoms with Crippen molar-refractivity contribution in [1.29, 1.82) is 0 Å². The average molecular weight is 316 g/mol. The molecule has 0 aliphatic carbocycles. The van der Waals surface area contributed by atoms with Gasteiger partial charge in [-0.05, 0) is 17.7 Å². The lowest BCUT2D eigenvalue weighted by atomic mass is 10.1. The van der Waals surface area contributed by atoms with Gasteiger partial charge in [0.05, 0.1) is 14.2 Å². The summed E-state index contributed by atoms with van der Waals surface area (Å²) in [6.07, 6.45) is 3.78. The number of nitrogen functional groups attached to an aromatic ring is 2. The highest BCUT2D eigenvalue weighted by molar-refractivity contribution is 5.55. The van der Waals surface area contributed by atoms with Crippen molar-refractivity contribution in [3.8, 4) is 17.2 Å². The molecule has 0 bridgehead atoms. The molecule has 0 aliphatic rings. The van der Waals surface area contributed by atoms with Crippen LogP contribution < -0.4 is 25.7 Å². The summed E-state index contributed by atoms with van der Waals surface area (Å²) in [6.45, 7) is 4.00. The van der Waals surface area contributed by atoms with Gasteiger partial charge in [0.2, 0.25) is 11.7 Å². The number of aromatic nitrogens is 2. The molecule has 122 valence electrons. The van der Waals surface area contributed by atoms with Crippen molar-refractivity contribution < 1.29 is 14.2 Å². The maximum Gasteiger partial charge on any atom is 0.221 e. The molecule has 7 nitrogen and oxygen atoms in total. The van der Waals surface area contributed by atoms with Gasteiger partial charge >= 0.3 is 0 Å². The summed E-state index contributed by atoms with van der Waals surface area (Å²) in [7, 11) is 3.13. The number of nitrogens with two attached hydrogens (primary N) is 2. The van der Waals surface area contributed by atoms with Gasteiger partial charge in [-0.25, -0.2) is 4.98 Å². The van der Waals surface area contributed by atoms with E-state index in [0.29, 0.717) is 36.1 Å². The third-order valence-corrected chi connectivity index (χ3v) is 3.17. The van der Waals surface area contributed by atoms with Gasteiger partial charge in [0.25, 0.3) is 0 Å². The van der Waals surface area contributed by atoms with Crippen LogP contribution in [-0.4, -0.2) is 30.8 Å². The van der Waals surface area contributed by atoms with Crippen LogP contribution in [0.15, 0.2) is 31.0 Å². The molecule has 0 aliphatic heterocycles. The predicted octanol–water partition coefficient (Wildman–Crippen LogP) is 1.81. The zero-order chi connectivity index (χ0) is 16.8. The van der Waals surface area contributed by atoms with Crippen LogP contribution in [0.4, 0.5) is 11.8 Å². The van der Waals surface area contributed by atoms with Gasteiger partial charge in [-0.15, -0.1) is 0 Å². The van der Waals surface area contributed by atoms with Gasteiger partial charge in [-0.3, -0.25) is 0 Å². The number of nitrogens with zero attached hydrogens (tertiary/aromatic N) is 2. The van der Waals surface area contributed by atoms with E-state index in [1.807, 2.05) is 12.1 Å². The molecule has 0 radical (unpaired) electrons. The lowest BCUT2D eigenvalue weighted by Crippen LogP contribution is -2.05. The first kappa shape index (κ1) is 16.4. The second kappa shape index (κ2) is 7.35. The zero-order valence-electron chi connectivity index (χ0n) is 13.2. The predicted molar refractivity (Wildman–Crippen MR) is 88.9 cm³/mol. The summed E-state index contributed by atoms with van der Waals surface area (Å²) in [5.41, 5.74) is 13.1. The van der Waals surface area contributed by atoms with Crippen molar-refractivity contribution in [2.45, 2.75) is 6.42 Å². The Hall–Kier alpha value is -2.96. The van der Waals surface area contributed by atoms with E-state index in [4.69, 9.17) is 25.7 Å². The zero-order valence-corrected chi connectivity index (χ0v) is 13.2. The third kappa shape index (κ3) is 3.82. The number of methoxy groups -OCH3 is 2. The van der Waals surface area contributed by atoms with E-state index in [1.54, 1.807) is 26.5 Å². The van der Waals surface area contributed by atoms with E-state index >= 15 is 0 Å².